The zero-order valence-corrected chi connectivity index (χ0v) is 15.2. The molecule has 0 aliphatic heterocycles. The normalized spacial score (nSPS) is 10.6. The molecule has 4 aromatic rings. The molecule has 4 rings (SSSR count). The average Bonchev–Trinajstić information content (AvgIpc) is 3.40. The second kappa shape index (κ2) is 7.84. The minimum Gasteiger partial charge on any atom is -0.489 e. The van der Waals surface area contributed by atoms with Crippen LogP contribution in [0.2, 0.25) is 0 Å². The van der Waals surface area contributed by atoms with Gasteiger partial charge < -0.3 is 18.9 Å². The van der Waals surface area contributed by atoms with Crippen molar-refractivity contribution in [2.75, 3.05) is 5.32 Å². The van der Waals surface area contributed by atoms with Crippen LogP contribution in [0.25, 0.3) is 11.5 Å². The van der Waals surface area contributed by atoms with Crippen LogP contribution in [-0.4, -0.2) is 10.9 Å². The maximum absolute atomic E-state index is 12.6. The molecule has 0 fully saturated rings. The van der Waals surface area contributed by atoms with E-state index in [1.165, 1.54) is 12.7 Å². The van der Waals surface area contributed by atoms with Crippen LogP contribution in [0.15, 0.2) is 82.2 Å². The summed E-state index contributed by atoms with van der Waals surface area (Å²) in [6.07, 6.45) is 2.73. The summed E-state index contributed by atoms with van der Waals surface area (Å²) in [6.45, 7) is 2.39. The highest BCUT2D eigenvalue weighted by Crippen LogP contribution is 2.26. The third-order valence-corrected chi connectivity index (χ3v) is 4.22. The number of nitrogens with one attached hydrogen (secondary N) is 1. The monoisotopic (exact) mass is 374 g/mol. The van der Waals surface area contributed by atoms with Gasteiger partial charge in [0.25, 0.3) is 5.91 Å². The van der Waals surface area contributed by atoms with Crippen molar-refractivity contribution >= 4 is 11.6 Å². The van der Waals surface area contributed by atoms with E-state index in [0.29, 0.717) is 23.8 Å². The Hall–Kier alpha value is -3.80. The van der Waals surface area contributed by atoms with E-state index in [0.717, 1.165) is 16.9 Å². The minimum atomic E-state index is -0.374. The number of ether oxygens (including phenoxy) is 1. The fourth-order valence-electron chi connectivity index (χ4n) is 2.78. The quantitative estimate of drug-likeness (QED) is 0.509. The first-order chi connectivity index (χ1) is 13.7. The Bertz CT molecular complexity index is 1070. The molecule has 0 spiro atoms. The second-order valence-electron chi connectivity index (χ2n) is 6.21. The van der Waals surface area contributed by atoms with E-state index in [1.54, 1.807) is 18.2 Å². The fraction of sp³-hybridized carbons (Fsp3) is 0.0909. The highest BCUT2D eigenvalue weighted by molar-refractivity contribution is 6.06. The lowest BCUT2D eigenvalue weighted by molar-refractivity contribution is 0.102. The molecule has 2 aromatic heterocycles. The highest BCUT2D eigenvalue weighted by Gasteiger charge is 2.20. The predicted octanol–water partition coefficient (Wildman–Crippen LogP) is 5.07. The summed E-state index contributed by atoms with van der Waals surface area (Å²) in [5.74, 6) is 1.10. The van der Waals surface area contributed by atoms with Gasteiger partial charge in [0.15, 0.2) is 17.8 Å². The van der Waals surface area contributed by atoms with Gasteiger partial charge in [0.1, 0.15) is 12.4 Å². The van der Waals surface area contributed by atoms with Crippen LogP contribution >= 0.6 is 0 Å². The Kier molecular flexibility index (Phi) is 4.93. The van der Waals surface area contributed by atoms with Crippen molar-refractivity contribution in [3.8, 4) is 17.3 Å². The number of carbonyl (C=O) groups is 1. The Morgan fingerprint density at radius 1 is 1.07 bits per heavy atom. The molecule has 2 heterocycles. The first kappa shape index (κ1) is 17.6. The topological polar surface area (TPSA) is 77.5 Å². The van der Waals surface area contributed by atoms with E-state index in [4.69, 9.17) is 13.6 Å². The van der Waals surface area contributed by atoms with Gasteiger partial charge in [-0.3, -0.25) is 4.79 Å². The zero-order chi connectivity index (χ0) is 19.3. The second-order valence-corrected chi connectivity index (χ2v) is 6.21. The van der Waals surface area contributed by atoms with E-state index >= 15 is 0 Å². The molecule has 6 heteroatoms. The number of oxazole rings is 1. The third kappa shape index (κ3) is 3.81. The van der Waals surface area contributed by atoms with Crippen LogP contribution in [0, 0.1) is 6.92 Å². The number of aryl methyl sites for hydroxylation is 1. The number of aromatic nitrogens is 1. The predicted molar refractivity (Wildman–Crippen MR) is 104 cm³/mol. The molecule has 0 saturated carbocycles. The summed E-state index contributed by atoms with van der Waals surface area (Å²) in [4.78, 5) is 16.6. The summed E-state index contributed by atoms with van der Waals surface area (Å²) in [6, 6.07) is 18.9. The molecule has 0 aliphatic rings. The Balaban J connectivity index is 1.45. The maximum atomic E-state index is 12.6. The number of anilines is 1. The lowest BCUT2D eigenvalue weighted by Gasteiger charge is -2.11. The molecule has 0 saturated heterocycles. The maximum Gasteiger partial charge on any atom is 0.278 e. The van der Waals surface area contributed by atoms with E-state index in [2.05, 4.69) is 10.3 Å². The molecule has 0 bridgehead atoms. The van der Waals surface area contributed by atoms with E-state index < -0.39 is 0 Å². The van der Waals surface area contributed by atoms with Crippen LogP contribution in [0.1, 0.15) is 21.6 Å². The molecular formula is C22H18N2O4. The molecule has 28 heavy (non-hydrogen) atoms. The summed E-state index contributed by atoms with van der Waals surface area (Å²) in [5, 5.41) is 2.86. The molecule has 0 atom stereocenters. The fourth-order valence-corrected chi connectivity index (χ4v) is 2.78. The van der Waals surface area contributed by atoms with Crippen LogP contribution in [0.4, 0.5) is 5.69 Å². The number of furan rings is 1. The van der Waals surface area contributed by atoms with Gasteiger partial charge in [0, 0.05) is 5.69 Å². The highest BCUT2D eigenvalue weighted by atomic mass is 16.5. The number of carbonyl (C=O) groups excluding carboxylic acids is 1. The van der Waals surface area contributed by atoms with Crippen molar-refractivity contribution in [3.05, 3.63) is 90.1 Å². The lowest BCUT2D eigenvalue weighted by atomic mass is 10.1. The van der Waals surface area contributed by atoms with Gasteiger partial charge >= 0.3 is 0 Å². The van der Waals surface area contributed by atoms with Gasteiger partial charge in [-0.2, -0.15) is 0 Å². The number of rotatable bonds is 6. The summed E-state index contributed by atoms with van der Waals surface area (Å²) < 4.78 is 16.4. The van der Waals surface area contributed by atoms with Crippen LogP contribution in [0.5, 0.6) is 5.75 Å². The summed E-state index contributed by atoms with van der Waals surface area (Å²) in [5.41, 5.74) is 2.81. The van der Waals surface area contributed by atoms with Gasteiger partial charge in [-0.15, -0.1) is 0 Å². The van der Waals surface area contributed by atoms with E-state index in [9.17, 15) is 4.79 Å². The van der Waals surface area contributed by atoms with Crippen molar-refractivity contribution in [1.29, 1.82) is 0 Å². The molecule has 1 amide bonds. The first-order valence-corrected chi connectivity index (χ1v) is 8.77. The SMILES string of the molecule is Cc1cc(OCc2ccccc2)ccc1NC(=O)c1ncoc1-c1ccco1. The number of benzene rings is 2. The molecule has 2 aromatic carbocycles. The number of amides is 1. The van der Waals surface area contributed by atoms with Crippen molar-refractivity contribution < 1.29 is 18.4 Å². The van der Waals surface area contributed by atoms with Gasteiger partial charge in [-0.05, 0) is 48.4 Å². The van der Waals surface area contributed by atoms with Crippen molar-refractivity contribution in [2.45, 2.75) is 13.5 Å². The average molecular weight is 374 g/mol. The lowest BCUT2D eigenvalue weighted by Crippen LogP contribution is -2.14. The Labute approximate surface area is 161 Å². The molecule has 140 valence electrons. The van der Waals surface area contributed by atoms with E-state index in [1.807, 2.05) is 49.4 Å². The number of nitrogens with zero attached hydrogens (tertiary/aromatic N) is 1. The van der Waals surface area contributed by atoms with Gasteiger partial charge in [-0.1, -0.05) is 30.3 Å². The minimum absolute atomic E-state index is 0.166. The van der Waals surface area contributed by atoms with Gasteiger partial charge in [0.05, 0.1) is 6.26 Å². The Morgan fingerprint density at radius 2 is 1.93 bits per heavy atom. The zero-order valence-electron chi connectivity index (χ0n) is 15.2. The van der Waals surface area contributed by atoms with E-state index in [-0.39, 0.29) is 11.6 Å². The Morgan fingerprint density at radius 3 is 2.68 bits per heavy atom. The molecular weight excluding hydrogens is 356 g/mol. The molecule has 1 N–H and O–H groups in total. The van der Waals surface area contributed by atoms with Crippen molar-refractivity contribution in [2.24, 2.45) is 0 Å². The van der Waals surface area contributed by atoms with Gasteiger partial charge in [-0.25, -0.2) is 4.98 Å². The number of hydrogen-bond acceptors (Lipinski definition) is 5. The van der Waals surface area contributed by atoms with Crippen LogP contribution in [0.3, 0.4) is 0 Å². The van der Waals surface area contributed by atoms with Crippen molar-refractivity contribution in [3.63, 3.8) is 0 Å². The summed E-state index contributed by atoms with van der Waals surface area (Å²) >= 11 is 0. The molecule has 0 unspecified atom stereocenters. The van der Waals surface area contributed by atoms with Crippen LogP contribution < -0.4 is 10.1 Å². The molecule has 6 nitrogen and oxygen atoms in total. The van der Waals surface area contributed by atoms with Crippen LogP contribution in [-0.2, 0) is 6.61 Å². The molecule has 0 radical (unpaired) electrons. The molecule has 0 aliphatic carbocycles. The standard InChI is InChI=1S/C22H18N2O4/c1-15-12-17(27-13-16-6-3-2-4-7-16)9-10-18(15)24-22(25)20-21(28-14-23-20)19-8-5-11-26-19/h2-12,14H,13H2,1H3,(H,24,25). The van der Waals surface area contributed by atoms with Gasteiger partial charge in [0.2, 0.25) is 5.76 Å². The number of hydrogen-bond donors (Lipinski definition) is 1. The smallest absolute Gasteiger partial charge is 0.278 e. The van der Waals surface area contributed by atoms with Crippen molar-refractivity contribution in [1.82, 2.24) is 4.98 Å². The third-order valence-electron chi connectivity index (χ3n) is 4.22. The largest absolute Gasteiger partial charge is 0.489 e. The summed E-state index contributed by atoms with van der Waals surface area (Å²) in [7, 11) is 0. The first-order valence-electron chi connectivity index (χ1n) is 8.77.